The summed E-state index contributed by atoms with van der Waals surface area (Å²) in [5.74, 6) is 0.443. The van der Waals surface area contributed by atoms with Crippen LogP contribution < -0.4 is 10.1 Å². The van der Waals surface area contributed by atoms with Gasteiger partial charge in [0.2, 0.25) is 0 Å². The van der Waals surface area contributed by atoms with Crippen LogP contribution in [0.15, 0.2) is 18.5 Å². The smallest absolute Gasteiger partial charge is 0.255 e. The topological polar surface area (TPSA) is 64.3 Å². The van der Waals surface area contributed by atoms with Gasteiger partial charge >= 0.3 is 0 Å². The van der Waals surface area contributed by atoms with Crippen molar-refractivity contribution in [3.63, 3.8) is 0 Å². The molecule has 2 heterocycles. The van der Waals surface area contributed by atoms with Gasteiger partial charge in [0.1, 0.15) is 34.7 Å². The minimum Gasteiger partial charge on any atom is -0.497 e. The van der Waals surface area contributed by atoms with Crippen molar-refractivity contribution in [1.82, 2.24) is 19.6 Å². The van der Waals surface area contributed by atoms with Crippen molar-refractivity contribution >= 4 is 23.2 Å². The average molecular weight is 406 g/mol. The van der Waals surface area contributed by atoms with Gasteiger partial charge in [-0.25, -0.2) is 8.78 Å². The molecule has 146 valence electrons. The molecule has 3 unspecified atom stereocenters. The zero-order valence-corrected chi connectivity index (χ0v) is 15.9. The molecule has 2 aliphatic carbocycles. The molecule has 2 fully saturated rings. The summed E-state index contributed by atoms with van der Waals surface area (Å²) < 4.78 is 36.1. The lowest BCUT2D eigenvalue weighted by Gasteiger charge is -2.26. The van der Waals surface area contributed by atoms with Crippen molar-refractivity contribution in [3.8, 4) is 16.9 Å². The minimum absolute atomic E-state index is 0.0332. The number of aromatic nitrogens is 4. The van der Waals surface area contributed by atoms with Crippen molar-refractivity contribution in [2.45, 2.75) is 31.7 Å². The van der Waals surface area contributed by atoms with Crippen LogP contribution in [0.3, 0.4) is 0 Å². The van der Waals surface area contributed by atoms with E-state index >= 15 is 0 Å². The number of anilines is 1. The Bertz CT molecular complexity index is 1050. The highest BCUT2D eigenvalue weighted by atomic mass is 35.5. The molecular weight excluding hydrogens is 388 g/mol. The number of hydrogen-bond donors (Lipinski definition) is 1. The Morgan fingerprint density at radius 3 is 2.61 bits per heavy atom. The monoisotopic (exact) mass is 405 g/mol. The fraction of sp³-hybridized carbons (Fsp3) is 0.421. The number of hydrogen-bond acceptors (Lipinski definition) is 5. The molecule has 2 bridgehead atoms. The van der Waals surface area contributed by atoms with E-state index in [1.54, 1.807) is 0 Å². The van der Waals surface area contributed by atoms with Crippen LogP contribution in [0, 0.1) is 23.5 Å². The van der Waals surface area contributed by atoms with Crippen LogP contribution in [0.2, 0.25) is 5.15 Å². The van der Waals surface area contributed by atoms with Gasteiger partial charge in [-0.05, 0) is 31.1 Å². The van der Waals surface area contributed by atoms with E-state index in [1.165, 1.54) is 30.8 Å². The van der Waals surface area contributed by atoms with Gasteiger partial charge in [0, 0.05) is 18.2 Å². The number of benzene rings is 1. The summed E-state index contributed by atoms with van der Waals surface area (Å²) >= 11 is 6.39. The lowest BCUT2D eigenvalue weighted by molar-refractivity contribution is 0.407. The standard InChI is InChI=1S/C19H18ClF2N5O/c1-28-11-6-12(21)15(13(22)7-11)16-17(20)26-19-23-8-24-27(19)18(16)25-14-5-9-2-3-10(14)4-9/h6-10,14,25H,2-5H2,1H3. The van der Waals surface area contributed by atoms with Crippen LogP contribution in [-0.2, 0) is 0 Å². The van der Waals surface area contributed by atoms with Crippen LogP contribution in [0.5, 0.6) is 5.75 Å². The van der Waals surface area contributed by atoms with Crippen LogP contribution in [0.25, 0.3) is 16.9 Å². The predicted octanol–water partition coefficient (Wildman–Crippen LogP) is 4.33. The zero-order chi connectivity index (χ0) is 19.4. The van der Waals surface area contributed by atoms with Gasteiger partial charge in [0.05, 0.1) is 18.2 Å². The number of fused-ring (bicyclic) bond motifs is 3. The van der Waals surface area contributed by atoms with E-state index in [0.29, 0.717) is 17.7 Å². The lowest BCUT2D eigenvalue weighted by atomic mass is 9.95. The number of methoxy groups -OCH3 is 1. The Hall–Kier alpha value is -2.48. The first-order valence-corrected chi connectivity index (χ1v) is 9.62. The molecule has 0 spiro atoms. The van der Waals surface area contributed by atoms with E-state index in [-0.39, 0.29) is 33.8 Å². The first-order chi connectivity index (χ1) is 13.5. The number of ether oxygens (including phenoxy) is 1. The van der Waals surface area contributed by atoms with Crippen molar-refractivity contribution < 1.29 is 13.5 Å². The Kier molecular flexibility index (Phi) is 4.12. The average Bonchev–Trinajstić information content (AvgIpc) is 3.39. The van der Waals surface area contributed by atoms with E-state index in [1.807, 2.05) is 0 Å². The number of nitrogens with one attached hydrogen (secondary N) is 1. The summed E-state index contributed by atoms with van der Waals surface area (Å²) in [5.41, 5.74) is -0.124. The van der Waals surface area contributed by atoms with Gasteiger partial charge in [-0.3, -0.25) is 0 Å². The number of nitrogens with zero attached hydrogens (tertiary/aromatic N) is 4. The van der Waals surface area contributed by atoms with Gasteiger partial charge in [-0.1, -0.05) is 18.0 Å². The largest absolute Gasteiger partial charge is 0.497 e. The molecule has 2 saturated carbocycles. The third kappa shape index (κ3) is 2.70. The molecule has 0 radical (unpaired) electrons. The quantitative estimate of drug-likeness (QED) is 0.654. The molecule has 9 heteroatoms. The van der Waals surface area contributed by atoms with E-state index in [0.717, 1.165) is 25.0 Å². The van der Waals surface area contributed by atoms with Gasteiger partial charge < -0.3 is 10.1 Å². The highest BCUT2D eigenvalue weighted by Crippen LogP contribution is 2.47. The lowest BCUT2D eigenvalue weighted by Crippen LogP contribution is -2.27. The third-order valence-corrected chi connectivity index (χ3v) is 6.22. The summed E-state index contributed by atoms with van der Waals surface area (Å²) in [6, 6.07) is 2.45. The Labute approximate surface area is 164 Å². The second kappa shape index (κ2) is 6.55. The van der Waals surface area contributed by atoms with Crippen LogP contribution in [0.4, 0.5) is 14.6 Å². The van der Waals surface area contributed by atoms with Gasteiger partial charge in [0.15, 0.2) is 0 Å². The predicted molar refractivity (Wildman–Crippen MR) is 101 cm³/mol. The zero-order valence-electron chi connectivity index (χ0n) is 15.1. The normalized spacial score (nSPS) is 23.5. The van der Waals surface area contributed by atoms with E-state index in [4.69, 9.17) is 16.3 Å². The third-order valence-electron chi connectivity index (χ3n) is 5.94. The highest BCUT2D eigenvalue weighted by Gasteiger charge is 2.40. The fourth-order valence-electron chi connectivity index (χ4n) is 4.68. The van der Waals surface area contributed by atoms with Crippen LogP contribution in [0.1, 0.15) is 25.7 Å². The summed E-state index contributed by atoms with van der Waals surface area (Å²) in [6.07, 6.45) is 5.94. The Morgan fingerprint density at radius 1 is 1.18 bits per heavy atom. The summed E-state index contributed by atoms with van der Waals surface area (Å²) in [5, 5.41) is 7.63. The first-order valence-electron chi connectivity index (χ1n) is 9.24. The second-order valence-corrected chi connectivity index (χ2v) is 7.85. The molecule has 2 aliphatic rings. The maximum atomic E-state index is 14.9. The molecule has 2 aromatic heterocycles. The van der Waals surface area contributed by atoms with E-state index in [2.05, 4.69) is 20.4 Å². The molecule has 1 aromatic carbocycles. The van der Waals surface area contributed by atoms with Gasteiger partial charge in [-0.15, -0.1) is 0 Å². The van der Waals surface area contributed by atoms with Gasteiger partial charge in [0.25, 0.3) is 5.78 Å². The fourth-order valence-corrected chi connectivity index (χ4v) is 4.93. The molecule has 3 atom stereocenters. The first kappa shape index (κ1) is 17.6. The van der Waals surface area contributed by atoms with Crippen molar-refractivity contribution in [2.24, 2.45) is 11.8 Å². The Balaban J connectivity index is 1.69. The SMILES string of the molecule is COc1cc(F)c(-c2c(Cl)nc3ncnn3c2NC2CC3CCC2C3)c(F)c1. The molecule has 0 saturated heterocycles. The highest BCUT2D eigenvalue weighted by molar-refractivity contribution is 6.33. The van der Waals surface area contributed by atoms with E-state index in [9.17, 15) is 8.78 Å². The number of rotatable bonds is 4. The van der Waals surface area contributed by atoms with Crippen LogP contribution in [-0.4, -0.2) is 32.7 Å². The number of halogens is 3. The molecule has 28 heavy (non-hydrogen) atoms. The maximum absolute atomic E-state index is 14.9. The summed E-state index contributed by atoms with van der Waals surface area (Å²) in [6.45, 7) is 0. The van der Waals surface area contributed by atoms with Crippen molar-refractivity contribution in [2.75, 3.05) is 12.4 Å². The maximum Gasteiger partial charge on any atom is 0.255 e. The van der Waals surface area contributed by atoms with Crippen LogP contribution >= 0.6 is 11.6 Å². The summed E-state index contributed by atoms with van der Waals surface area (Å²) in [4.78, 5) is 8.25. The molecule has 5 rings (SSSR count). The van der Waals surface area contributed by atoms with Crippen molar-refractivity contribution in [1.29, 1.82) is 0 Å². The van der Waals surface area contributed by atoms with Crippen molar-refractivity contribution in [3.05, 3.63) is 35.2 Å². The molecule has 0 aliphatic heterocycles. The minimum atomic E-state index is -0.781. The molecule has 1 N–H and O–H groups in total. The van der Waals surface area contributed by atoms with Gasteiger partial charge in [-0.2, -0.15) is 19.6 Å². The molecular formula is C19H18ClF2N5O. The second-order valence-electron chi connectivity index (χ2n) is 7.49. The Morgan fingerprint density at radius 2 is 1.96 bits per heavy atom. The molecule has 6 nitrogen and oxygen atoms in total. The molecule has 3 aromatic rings. The van der Waals surface area contributed by atoms with E-state index < -0.39 is 11.6 Å². The molecule has 0 amide bonds. The summed E-state index contributed by atoms with van der Waals surface area (Å²) in [7, 11) is 1.35.